The minimum absolute atomic E-state index is 0.00590. The quantitative estimate of drug-likeness (QED) is 0.313. The summed E-state index contributed by atoms with van der Waals surface area (Å²) in [7, 11) is 0. The molecular weight excluding hydrogens is 481 g/mol. The van der Waals surface area contributed by atoms with Gasteiger partial charge in [0.25, 0.3) is 0 Å². The largest absolute Gasteiger partial charge is 0.574 e. The monoisotopic (exact) mass is 504 g/mol. The average Bonchev–Trinajstić information content (AvgIpc) is 3.33. The number of nitrogens with zero attached hydrogens (tertiary/aromatic N) is 3. The minimum atomic E-state index is -4.89. The number of anilines is 1. The maximum Gasteiger partial charge on any atom is 0.574 e. The Kier molecular flexibility index (Phi) is 7.91. The molecule has 35 heavy (non-hydrogen) atoms. The summed E-state index contributed by atoms with van der Waals surface area (Å²) in [6.45, 7) is 2.50. The Balaban J connectivity index is 1.94. The molecule has 3 heterocycles. The van der Waals surface area contributed by atoms with Crippen LogP contribution in [0.1, 0.15) is 44.1 Å². The molecule has 190 valence electrons. The van der Waals surface area contributed by atoms with Crippen LogP contribution >= 0.6 is 0 Å². The topological polar surface area (TPSA) is 52.0 Å². The number of alkyl halides is 7. The molecule has 1 aliphatic rings. The van der Waals surface area contributed by atoms with E-state index in [0.29, 0.717) is 18.7 Å². The summed E-state index contributed by atoms with van der Waals surface area (Å²) < 4.78 is 97.1. The normalized spacial score (nSPS) is 17.5. The van der Waals surface area contributed by atoms with E-state index in [2.05, 4.69) is 20.1 Å². The first-order valence-corrected chi connectivity index (χ1v) is 10.7. The Morgan fingerprint density at radius 3 is 2.57 bits per heavy atom. The van der Waals surface area contributed by atoms with Crippen molar-refractivity contribution < 1.29 is 35.5 Å². The van der Waals surface area contributed by atoms with Crippen LogP contribution in [0.25, 0.3) is 5.57 Å². The van der Waals surface area contributed by atoms with Gasteiger partial charge in [-0.3, -0.25) is 4.68 Å². The van der Waals surface area contributed by atoms with Crippen LogP contribution in [0.3, 0.4) is 0 Å². The second-order valence-electron chi connectivity index (χ2n) is 7.64. The van der Waals surface area contributed by atoms with Crippen LogP contribution in [-0.2, 0) is 6.54 Å². The molecule has 0 amide bonds. The maximum absolute atomic E-state index is 13.7. The van der Waals surface area contributed by atoms with Gasteiger partial charge in [0.1, 0.15) is 12.5 Å². The third kappa shape index (κ3) is 6.64. The van der Waals surface area contributed by atoms with E-state index in [-0.39, 0.29) is 29.1 Å². The van der Waals surface area contributed by atoms with E-state index in [0.717, 1.165) is 18.2 Å². The number of hydrogen-bond donors (Lipinski definition) is 1. The molecule has 0 saturated heterocycles. The number of ether oxygens (including phenoxy) is 1. The SMILES string of the molecule is C\C=C(CF)/C(=C\C(=C\CC)C(F)(F)F)c1cc2n(n1)CCC2Nc1cccc(OC(F)(F)F)n1. The Morgan fingerprint density at radius 2 is 1.97 bits per heavy atom. The van der Waals surface area contributed by atoms with Crippen molar-refractivity contribution in [3.05, 3.63) is 65.0 Å². The van der Waals surface area contributed by atoms with Gasteiger partial charge >= 0.3 is 12.5 Å². The highest BCUT2D eigenvalue weighted by molar-refractivity contribution is 5.79. The molecule has 0 radical (unpaired) electrons. The van der Waals surface area contributed by atoms with Crippen LogP contribution in [0.5, 0.6) is 5.88 Å². The summed E-state index contributed by atoms with van der Waals surface area (Å²) in [5.41, 5.74) is -0.110. The van der Waals surface area contributed by atoms with Crippen molar-refractivity contribution in [1.82, 2.24) is 14.8 Å². The van der Waals surface area contributed by atoms with Gasteiger partial charge in [-0.05, 0) is 43.5 Å². The number of hydrogen-bond acceptors (Lipinski definition) is 4. The van der Waals surface area contributed by atoms with Crippen molar-refractivity contribution in [3.63, 3.8) is 0 Å². The van der Waals surface area contributed by atoms with Crippen LogP contribution in [0.4, 0.5) is 36.6 Å². The summed E-state index contributed by atoms with van der Waals surface area (Å²) in [6, 6.07) is 4.98. The third-order valence-corrected chi connectivity index (χ3v) is 5.23. The van der Waals surface area contributed by atoms with Crippen LogP contribution in [0.2, 0.25) is 0 Å². The molecule has 0 saturated carbocycles. The molecule has 0 aromatic carbocycles. The van der Waals surface area contributed by atoms with E-state index < -0.39 is 36.7 Å². The number of aromatic nitrogens is 3. The molecule has 0 spiro atoms. The van der Waals surface area contributed by atoms with Gasteiger partial charge in [0.05, 0.1) is 23.0 Å². The highest BCUT2D eigenvalue weighted by Gasteiger charge is 2.34. The van der Waals surface area contributed by atoms with Gasteiger partial charge in [-0.15, -0.1) is 13.2 Å². The van der Waals surface area contributed by atoms with Crippen molar-refractivity contribution in [3.8, 4) is 5.88 Å². The van der Waals surface area contributed by atoms with Crippen LogP contribution in [0.15, 0.2) is 53.6 Å². The molecule has 1 unspecified atom stereocenters. The molecule has 1 atom stereocenters. The fourth-order valence-corrected chi connectivity index (χ4v) is 3.68. The van der Waals surface area contributed by atoms with Gasteiger partial charge in [-0.25, -0.2) is 4.39 Å². The summed E-state index contributed by atoms with van der Waals surface area (Å²) >= 11 is 0. The van der Waals surface area contributed by atoms with Gasteiger partial charge in [-0.1, -0.05) is 25.1 Å². The summed E-state index contributed by atoms with van der Waals surface area (Å²) in [5, 5.41) is 7.37. The van der Waals surface area contributed by atoms with E-state index in [1.54, 1.807) is 17.7 Å². The zero-order valence-corrected chi connectivity index (χ0v) is 18.8. The van der Waals surface area contributed by atoms with Crippen LogP contribution in [-0.4, -0.2) is 34.0 Å². The molecular formula is C23H23F7N4O. The number of nitrogens with one attached hydrogen (secondary N) is 1. The van der Waals surface area contributed by atoms with Crippen molar-refractivity contribution in [2.45, 2.75) is 51.8 Å². The summed E-state index contributed by atoms with van der Waals surface area (Å²) in [6.07, 6.45) is -5.58. The molecule has 2 aromatic heterocycles. The van der Waals surface area contributed by atoms with Crippen molar-refractivity contribution in [2.24, 2.45) is 0 Å². The lowest BCUT2D eigenvalue weighted by Crippen LogP contribution is -2.18. The first-order valence-electron chi connectivity index (χ1n) is 10.7. The predicted octanol–water partition coefficient (Wildman–Crippen LogP) is 6.93. The number of allylic oxidation sites excluding steroid dienone is 6. The van der Waals surface area contributed by atoms with Gasteiger partial charge in [0, 0.05) is 18.2 Å². The van der Waals surface area contributed by atoms with E-state index in [1.165, 1.54) is 25.1 Å². The lowest BCUT2D eigenvalue weighted by Gasteiger charge is -2.14. The maximum atomic E-state index is 13.7. The number of halogens is 7. The number of rotatable bonds is 8. The van der Waals surface area contributed by atoms with E-state index in [1.807, 2.05) is 0 Å². The van der Waals surface area contributed by atoms with Crippen LogP contribution < -0.4 is 10.1 Å². The smallest absolute Gasteiger partial charge is 0.388 e. The van der Waals surface area contributed by atoms with Gasteiger partial charge in [-0.2, -0.15) is 23.3 Å². The number of pyridine rings is 1. The highest BCUT2D eigenvalue weighted by Crippen LogP contribution is 2.36. The number of aryl methyl sites for hydroxylation is 1. The molecule has 5 nitrogen and oxygen atoms in total. The van der Waals surface area contributed by atoms with Gasteiger partial charge < -0.3 is 10.1 Å². The molecule has 0 bridgehead atoms. The Morgan fingerprint density at radius 1 is 1.23 bits per heavy atom. The summed E-state index contributed by atoms with van der Waals surface area (Å²) in [5.74, 6) is -0.519. The lowest BCUT2D eigenvalue weighted by atomic mass is 9.99. The molecule has 1 N–H and O–H groups in total. The van der Waals surface area contributed by atoms with Crippen molar-refractivity contribution in [1.29, 1.82) is 0 Å². The molecule has 0 fully saturated rings. The fraction of sp³-hybridized carbons (Fsp3) is 0.391. The minimum Gasteiger partial charge on any atom is -0.388 e. The molecule has 0 aliphatic carbocycles. The van der Waals surface area contributed by atoms with E-state index >= 15 is 0 Å². The molecule has 1 aliphatic heterocycles. The predicted molar refractivity (Wildman–Crippen MR) is 116 cm³/mol. The van der Waals surface area contributed by atoms with Crippen LogP contribution in [0, 0.1) is 0 Å². The lowest BCUT2D eigenvalue weighted by molar-refractivity contribution is -0.276. The van der Waals surface area contributed by atoms with Crippen molar-refractivity contribution >= 4 is 11.4 Å². The first kappa shape index (κ1) is 26.3. The zero-order chi connectivity index (χ0) is 25.8. The Labute approximate surface area is 197 Å². The van der Waals surface area contributed by atoms with Gasteiger partial charge in [0.15, 0.2) is 0 Å². The molecule has 3 rings (SSSR count). The van der Waals surface area contributed by atoms with E-state index in [4.69, 9.17) is 0 Å². The Bertz CT molecular complexity index is 1130. The molecule has 12 heteroatoms. The zero-order valence-electron chi connectivity index (χ0n) is 18.8. The average molecular weight is 504 g/mol. The van der Waals surface area contributed by atoms with E-state index in [9.17, 15) is 30.7 Å². The fourth-order valence-electron chi connectivity index (χ4n) is 3.68. The first-order chi connectivity index (χ1) is 16.4. The van der Waals surface area contributed by atoms with Gasteiger partial charge in [0.2, 0.25) is 5.88 Å². The third-order valence-electron chi connectivity index (χ3n) is 5.23. The number of fused-ring (bicyclic) bond motifs is 1. The Hall–Kier alpha value is -3.31. The van der Waals surface area contributed by atoms with Crippen molar-refractivity contribution in [2.75, 3.05) is 12.0 Å². The second-order valence-corrected chi connectivity index (χ2v) is 7.64. The standard InChI is InChI=1S/C23H23F7N4O/c1-3-6-15(22(25,26)27)11-16(14(4-2)13-24)18-12-19-17(9-10-34(19)33-18)31-20-7-5-8-21(32-20)35-23(28,29)30/h4-8,11-12,17H,3,9-10,13H2,1-2H3,(H,31,32)/b14-4-,15-6-,16-11+. The highest BCUT2D eigenvalue weighted by atomic mass is 19.4. The molecule has 2 aromatic rings. The summed E-state index contributed by atoms with van der Waals surface area (Å²) in [4.78, 5) is 3.79. The second kappa shape index (κ2) is 10.5.